The van der Waals surface area contributed by atoms with E-state index in [1.54, 1.807) is 0 Å². The summed E-state index contributed by atoms with van der Waals surface area (Å²) in [5, 5.41) is 9.24. The topological polar surface area (TPSA) is 36.4 Å². The number of aliphatic hydroxyl groups is 1. The van der Waals surface area contributed by atoms with Crippen molar-refractivity contribution in [3.05, 3.63) is 48.7 Å². The van der Waals surface area contributed by atoms with E-state index in [9.17, 15) is 5.11 Å². The van der Waals surface area contributed by atoms with Gasteiger partial charge in [0.25, 0.3) is 0 Å². The largest absolute Gasteiger partial charge is 0.392 e. The molecule has 1 aromatic rings. The summed E-state index contributed by atoms with van der Waals surface area (Å²) in [5.41, 5.74) is 1.88. The summed E-state index contributed by atoms with van der Waals surface area (Å²) >= 11 is 0. The predicted octanol–water partition coefficient (Wildman–Crippen LogP) is 2.31. The molecule has 0 spiro atoms. The highest BCUT2D eigenvalue weighted by Crippen LogP contribution is 2.16. The number of nitrogens with zero attached hydrogens (tertiary/aromatic N) is 2. The molecule has 0 aliphatic carbocycles. The van der Waals surface area contributed by atoms with Gasteiger partial charge in [0.1, 0.15) is 5.82 Å². The molecular weight excluding hydrogens is 212 g/mol. The number of pyridine rings is 1. The smallest absolute Gasteiger partial charge is 0.129 e. The zero-order valence-corrected chi connectivity index (χ0v) is 10.4. The van der Waals surface area contributed by atoms with Crippen molar-refractivity contribution in [2.24, 2.45) is 0 Å². The van der Waals surface area contributed by atoms with Crippen molar-refractivity contribution in [2.75, 3.05) is 18.0 Å². The molecule has 0 saturated carbocycles. The Labute approximate surface area is 103 Å². The Bertz CT molecular complexity index is 356. The fourth-order valence-corrected chi connectivity index (χ4v) is 1.64. The summed E-state index contributed by atoms with van der Waals surface area (Å²) in [6, 6.07) is 3.84. The zero-order valence-electron chi connectivity index (χ0n) is 10.4. The quantitative estimate of drug-likeness (QED) is 0.733. The number of aliphatic hydroxyl groups excluding tert-OH is 1. The predicted molar refractivity (Wildman–Crippen MR) is 72.1 cm³/mol. The summed E-state index contributed by atoms with van der Waals surface area (Å²) in [6.07, 6.45) is 4.53. The fourth-order valence-electron chi connectivity index (χ4n) is 1.64. The fraction of sp³-hybridized carbons (Fsp3) is 0.357. The van der Waals surface area contributed by atoms with Crippen LogP contribution in [0.3, 0.4) is 0 Å². The van der Waals surface area contributed by atoms with Crippen LogP contribution in [0.1, 0.15) is 18.2 Å². The van der Waals surface area contributed by atoms with E-state index in [1.807, 2.05) is 24.3 Å². The molecule has 92 valence electrons. The van der Waals surface area contributed by atoms with Gasteiger partial charge in [-0.15, -0.1) is 13.2 Å². The molecule has 0 bridgehead atoms. The van der Waals surface area contributed by atoms with Crippen LogP contribution in [0.15, 0.2) is 37.4 Å². The second kappa shape index (κ2) is 6.86. The maximum atomic E-state index is 9.24. The molecule has 0 unspecified atom stereocenters. The van der Waals surface area contributed by atoms with E-state index in [4.69, 9.17) is 0 Å². The van der Waals surface area contributed by atoms with Crippen LogP contribution in [-0.4, -0.2) is 23.2 Å². The Morgan fingerprint density at radius 2 is 1.94 bits per heavy atom. The molecule has 0 amide bonds. The Morgan fingerprint density at radius 1 is 1.29 bits per heavy atom. The maximum absolute atomic E-state index is 9.24. The van der Waals surface area contributed by atoms with E-state index in [1.165, 1.54) is 0 Å². The third-order valence-corrected chi connectivity index (χ3v) is 2.49. The summed E-state index contributed by atoms with van der Waals surface area (Å²) in [5.74, 6) is 0.869. The van der Waals surface area contributed by atoms with E-state index >= 15 is 0 Å². The lowest BCUT2D eigenvalue weighted by atomic mass is 10.2. The van der Waals surface area contributed by atoms with Gasteiger partial charge < -0.3 is 10.0 Å². The van der Waals surface area contributed by atoms with Crippen LogP contribution in [0, 0.1) is 0 Å². The average molecular weight is 232 g/mol. The molecule has 17 heavy (non-hydrogen) atoms. The van der Waals surface area contributed by atoms with Crippen molar-refractivity contribution in [3.63, 3.8) is 0 Å². The molecule has 0 aromatic carbocycles. The van der Waals surface area contributed by atoms with Crippen LogP contribution in [0.4, 0.5) is 5.82 Å². The molecule has 0 aliphatic rings. The molecule has 0 radical (unpaired) electrons. The minimum Gasteiger partial charge on any atom is -0.392 e. The van der Waals surface area contributed by atoms with Crippen LogP contribution in [0.2, 0.25) is 0 Å². The molecular formula is C14H20N2O. The molecule has 1 heterocycles. The lowest BCUT2D eigenvalue weighted by Crippen LogP contribution is -2.24. The van der Waals surface area contributed by atoms with E-state index in [0.29, 0.717) is 0 Å². The molecule has 3 nitrogen and oxygen atoms in total. The normalized spacial score (nSPS) is 10.0. The summed E-state index contributed by atoms with van der Waals surface area (Å²) < 4.78 is 0. The van der Waals surface area contributed by atoms with Crippen molar-refractivity contribution >= 4 is 5.82 Å². The molecule has 0 saturated heterocycles. The highest BCUT2D eigenvalue weighted by Gasteiger charge is 2.07. The second-order valence-corrected chi connectivity index (χ2v) is 3.82. The third kappa shape index (κ3) is 3.71. The molecule has 0 aliphatic heterocycles. The Morgan fingerprint density at radius 3 is 2.41 bits per heavy atom. The molecule has 1 aromatic heterocycles. The first-order valence-corrected chi connectivity index (χ1v) is 5.82. The summed E-state index contributed by atoms with van der Waals surface area (Å²) in [7, 11) is 0. The van der Waals surface area contributed by atoms with Crippen LogP contribution >= 0.6 is 0 Å². The Kier molecular flexibility index (Phi) is 5.43. The van der Waals surface area contributed by atoms with Crippen LogP contribution in [-0.2, 0) is 13.0 Å². The van der Waals surface area contributed by atoms with Crippen molar-refractivity contribution in [1.82, 2.24) is 4.98 Å². The third-order valence-electron chi connectivity index (χ3n) is 2.49. The first kappa shape index (κ1) is 13.5. The van der Waals surface area contributed by atoms with Crippen LogP contribution in [0.25, 0.3) is 0 Å². The lowest BCUT2D eigenvalue weighted by Gasteiger charge is -2.21. The molecule has 0 fully saturated rings. The van der Waals surface area contributed by atoms with Crippen LogP contribution < -0.4 is 4.90 Å². The van der Waals surface area contributed by atoms with E-state index < -0.39 is 0 Å². The minimum absolute atomic E-state index is 0.0402. The van der Waals surface area contributed by atoms with Gasteiger partial charge in [-0.25, -0.2) is 4.98 Å². The zero-order chi connectivity index (χ0) is 12.7. The van der Waals surface area contributed by atoms with Gasteiger partial charge in [-0.05, 0) is 24.1 Å². The first-order valence-electron chi connectivity index (χ1n) is 5.82. The van der Waals surface area contributed by atoms with Crippen molar-refractivity contribution in [1.29, 1.82) is 0 Å². The highest BCUT2D eigenvalue weighted by molar-refractivity contribution is 5.44. The number of rotatable bonds is 7. The van der Waals surface area contributed by atoms with Gasteiger partial charge in [0.05, 0.1) is 6.61 Å². The van der Waals surface area contributed by atoms with Gasteiger partial charge in [-0.3, -0.25) is 0 Å². The van der Waals surface area contributed by atoms with Gasteiger partial charge in [0.15, 0.2) is 0 Å². The van der Waals surface area contributed by atoms with E-state index in [2.05, 4.69) is 30.0 Å². The van der Waals surface area contributed by atoms with Crippen molar-refractivity contribution < 1.29 is 5.11 Å². The van der Waals surface area contributed by atoms with Gasteiger partial charge in [-0.2, -0.15) is 0 Å². The van der Waals surface area contributed by atoms with Crippen molar-refractivity contribution in [3.8, 4) is 0 Å². The molecule has 1 N–H and O–H groups in total. The average Bonchev–Trinajstić information content (AvgIpc) is 2.37. The summed E-state index contributed by atoms with van der Waals surface area (Å²) in [4.78, 5) is 6.62. The Hall–Kier alpha value is -1.61. The molecule has 0 atom stereocenters. The van der Waals surface area contributed by atoms with E-state index in [-0.39, 0.29) is 6.61 Å². The number of aryl methyl sites for hydroxylation is 1. The summed E-state index contributed by atoms with van der Waals surface area (Å²) in [6.45, 7) is 11.0. The van der Waals surface area contributed by atoms with Crippen molar-refractivity contribution in [2.45, 2.75) is 20.0 Å². The van der Waals surface area contributed by atoms with Gasteiger partial charge in [-0.1, -0.05) is 19.1 Å². The number of anilines is 1. The first-order chi connectivity index (χ1) is 8.24. The molecule has 3 heteroatoms. The monoisotopic (exact) mass is 232 g/mol. The lowest BCUT2D eigenvalue weighted by molar-refractivity contribution is 0.281. The highest BCUT2D eigenvalue weighted by atomic mass is 16.3. The van der Waals surface area contributed by atoms with Crippen LogP contribution in [0.5, 0.6) is 0 Å². The van der Waals surface area contributed by atoms with Gasteiger partial charge in [0.2, 0.25) is 0 Å². The van der Waals surface area contributed by atoms with Gasteiger partial charge >= 0.3 is 0 Å². The minimum atomic E-state index is 0.0402. The Balaban J connectivity index is 3.06. The number of aromatic nitrogens is 1. The van der Waals surface area contributed by atoms with E-state index in [0.717, 1.165) is 36.6 Å². The number of hydrogen-bond acceptors (Lipinski definition) is 3. The van der Waals surface area contributed by atoms with Gasteiger partial charge in [0, 0.05) is 18.8 Å². The standard InChI is InChI=1S/C14H20N2O/c1-4-7-16(8-5-2)14-10-12(11-17)9-13(6-3)15-14/h4-5,9-10,17H,1-2,6-8,11H2,3H3. The number of hydrogen-bond donors (Lipinski definition) is 1. The SMILES string of the molecule is C=CCN(CC=C)c1cc(CO)cc(CC)n1. The second-order valence-electron chi connectivity index (χ2n) is 3.82. The maximum Gasteiger partial charge on any atom is 0.129 e. The molecule has 1 rings (SSSR count).